The molecular formula is C14H14BrN3O. The lowest BCUT2D eigenvalue weighted by Gasteiger charge is -2.12. The van der Waals surface area contributed by atoms with Gasteiger partial charge in [-0.25, -0.2) is 0 Å². The van der Waals surface area contributed by atoms with Gasteiger partial charge in [-0.2, -0.15) is 0 Å². The van der Waals surface area contributed by atoms with Gasteiger partial charge in [-0.1, -0.05) is 0 Å². The number of hydrogen-bond donors (Lipinski definition) is 1. The first-order valence-corrected chi connectivity index (χ1v) is 6.63. The third kappa shape index (κ3) is 3.17. The van der Waals surface area contributed by atoms with E-state index in [2.05, 4.69) is 31.2 Å². The van der Waals surface area contributed by atoms with Crippen LogP contribution in [-0.2, 0) is 0 Å². The van der Waals surface area contributed by atoms with Crippen LogP contribution in [0.3, 0.4) is 0 Å². The summed E-state index contributed by atoms with van der Waals surface area (Å²) in [6.45, 7) is 5.77. The van der Waals surface area contributed by atoms with E-state index in [0.29, 0.717) is 5.56 Å². The molecule has 0 aromatic carbocycles. The number of halogens is 1. The molecule has 1 amide bonds. The SMILES string of the molecule is Cc1cc(C)c(NC(=O)c2cncc(Br)c2)c(C)n1. The lowest BCUT2D eigenvalue weighted by Crippen LogP contribution is -2.14. The van der Waals surface area contributed by atoms with Crippen molar-refractivity contribution in [2.24, 2.45) is 0 Å². The van der Waals surface area contributed by atoms with Gasteiger partial charge in [0.25, 0.3) is 5.91 Å². The van der Waals surface area contributed by atoms with Gasteiger partial charge >= 0.3 is 0 Å². The highest BCUT2D eigenvalue weighted by Crippen LogP contribution is 2.20. The van der Waals surface area contributed by atoms with Gasteiger partial charge in [0, 0.05) is 22.6 Å². The molecule has 2 aromatic rings. The molecule has 5 heteroatoms. The normalized spacial score (nSPS) is 10.3. The van der Waals surface area contributed by atoms with Crippen molar-refractivity contribution >= 4 is 27.5 Å². The zero-order valence-corrected chi connectivity index (χ0v) is 12.6. The number of aromatic nitrogens is 2. The molecule has 1 N–H and O–H groups in total. The molecule has 0 bridgehead atoms. The van der Waals surface area contributed by atoms with Gasteiger partial charge in [-0.3, -0.25) is 14.8 Å². The van der Waals surface area contributed by atoms with Crippen molar-refractivity contribution in [3.63, 3.8) is 0 Å². The van der Waals surface area contributed by atoms with Gasteiger partial charge < -0.3 is 5.32 Å². The molecule has 2 heterocycles. The van der Waals surface area contributed by atoms with E-state index in [1.807, 2.05) is 26.8 Å². The maximum atomic E-state index is 12.2. The van der Waals surface area contributed by atoms with Gasteiger partial charge in [0.1, 0.15) is 0 Å². The average Bonchev–Trinajstić information content (AvgIpc) is 2.33. The molecule has 0 aliphatic heterocycles. The van der Waals surface area contributed by atoms with Crippen molar-refractivity contribution in [2.45, 2.75) is 20.8 Å². The summed E-state index contributed by atoms with van der Waals surface area (Å²) in [7, 11) is 0. The summed E-state index contributed by atoms with van der Waals surface area (Å²) in [5.74, 6) is -0.189. The highest BCUT2D eigenvalue weighted by molar-refractivity contribution is 9.10. The number of aryl methyl sites for hydroxylation is 3. The Labute approximate surface area is 120 Å². The standard InChI is InChI=1S/C14H14BrN3O/c1-8-4-9(2)17-10(3)13(8)18-14(19)11-5-12(15)7-16-6-11/h4-7H,1-3H3,(H,18,19). The Balaban J connectivity index is 2.29. The van der Waals surface area contributed by atoms with Crippen LogP contribution in [0.15, 0.2) is 29.0 Å². The third-order valence-corrected chi connectivity index (χ3v) is 3.16. The number of amides is 1. The van der Waals surface area contributed by atoms with Gasteiger partial charge in [0.15, 0.2) is 0 Å². The molecule has 98 valence electrons. The van der Waals surface area contributed by atoms with Crippen molar-refractivity contribution in [1.82, 2.24) is 9.97 Å². The van der Waals surface area contributed by atoms with Crippen molar-refractivity contribution in [3.8, 4) is 0 Å². The Bertz CT molecular complexity index is 617. The number of rotatable bonds is 2. The van der Waals surface area contributed by atoms with Crippen LogP contribution in [0.5, 0.6) is 0 Å². The van der Waals surface area contributed by atoms with Crippen molar-refractivity contribution in [3.05, 3.63) is 51.5 Å². The van der Waals surface area contributed by atoms with Crippen LogP contribution < -0.4 is 5.32 Å². The van der Waals surface area contributed by atoms with E-state index >= 15 is 0 Å². The lowest BCUT2D eigenvalue weighted by molar-refractivity contribution is 0.102. The number of carbonyl (C=O) groups excluding carboxylic acids is 1. The Morgan fingerprint density at radius 1 is 1.21 bits per heavy atom. The summed E-state index contributed by atoms with van der Waals surface area (Å²) in [5, 5.41) is 2.89. The number of carbonyl (C=O) groups is 1. The van der Waals surface area contributed by atoms with Crippen LogP contribution in [-0.4, -0.2) is 15.9 Å². The highest BCUT2D eigenvalue weighted by Gasteiger charge is 2.11. The Kier molecular flexibility index (Phi) is 3.95. The Hall–Kier alpha value is -1.75. The molecule has 2 rings (SSSR count). The summed E-state index contributed by atoms with van der Waals surface area (Å²) in [4.78, 5) is 20.5. The van der Waals surface area contributed by atoms with Crippen molar-refractivity contribution < 1.29 is 4.79 Å². The molecule has 0 unspecified atom stereocenters. The summed E-state index contributed by atoms with van der Waals surface area (Å²) in [6.07, 6.45) is 3.17. The molecule has 0 aliphatic carbocycles. The molecular weight excluding hydrogens is 306 g/mol. The van der Waals surface area contributed by atoms with Crippen LogP contribution in [0.2, 0.25) is 0 Å². The van der Waals surface area contributed by atoms with Crippen LogP contribution in [0.1, 0.15) is 27.3 Å². The minimum absolute atomic E-state index is 0.189. The fourth-order valence-corrected chi connectivity index (χ4v) is 2.30. The number of nitrogens with zero attached hydrogens (tertiary/aromatic N) is 2. The van der Waals surface area contributed by atoms with E-state index in [1.54, 1.807) is 12.3 Å². The van der Waals surface area contributed by atoms with Gasteiger partial charge in [0.05, 0.1) is 16.9 Å². The van der Waals surface area contributed by atoms with Crippen LogP contribution >= 0.6 is 15.9 Å². The van der Waals surface area contributed by atoms with Gasteiger partial charge in [-0.15, -0.1) is 0 Å². The molecule has 0 spiro atoms. The fourth-order valence-electron chi connectivity index (χ4n) is 1.93. The largest absolute Gasteiger partial charge is 0.320 e. The Morgan fingerprint density at radius 2 is 1.95 bits per heavy atom. The number of anilines is 1. The van der Waals surface area contributed by atoms with Crippen LogP contribution in [0.25, 0.3) is 0 Å². The summed E-state index contributed by atoms with van der Waals surface area (Å²) >= 11 is 3.30. The van der Waals surface area contributed by atoms with E-state index < -0.39 is 0 Å². The molecule has 0 radical (unpaired) electrons. The molecule has 0 fully saturated rings. The number of nitrogens with one attached hydrogen (secondary N) is 1. The van der Waals surface area contributed by atoms with Crippen molar-refractivity contribution in [1.29, 1.82) is 0 Å². The molecule has 4 nitrogen and oxygen atoms in total. The second kappa shape index (κ2) is 5.48. The van der Waals surface area contributed by atoms with Crippen LogP contribution in [0.4, 0.5) is 5.69 Å². The predicted octanol–water partition coefficient (Wildman–Crippen LogP) is 3.42. The first-order chi connectivity index (χ1) is 8.97. The molecule has 0 saturated carbocycles. The fraction of sp³-hybridized carbons (Fsp3) is 0.214. The van der Waals surface area contributed by atoms with E-state index in [-0.39, 0.29) is 5.91 Å². The summed E-state index contributed by atoms with van der Waals surface area (Å²) in [6, 6.07) is 3.68. The molecule has 0 saturated heterocycles. The Morgan fingerprint density at radius 3 is 2.58 bits per heavy atom. The topological polar surface area (TPSA) is 54.9 Å². The smallest absolute Gasteiger partial charge is 0.257 e. The maximum Gasteiger partial charge on any atom is 0.257 e. The molecule has 0 aliphatic rings. The monoisotopic (exact) mass is 319 g/mol. The van der Waals surface area contributed by atoms with E-state index in [0.717, 1.165) is 27.1 Å². The molecule has 2 aromatic heterocycles. The third-order valence-electron chi connectivity index (χ3n) is 2.73. The van der Waals surface area contributed by atoms with Gasteiger partial charge in [-0.05, 0) is 54.4 Å². The van der Waals surface area contributed by atoms with Crippen molar-refractivity contribution in [2.75, 3.05) is 5.32 Å². The molecule has 0 atom stereocenters. The van der Waals surface area contributed by atoms with Crippen LogP contribution in [0, 0.1) is 20.8 Å². The highest BCUT2D eigenvalue weighted by atomic mass is 79.9. The number of pyridine rings is 2. The first kappa shape index (κ1) is 13.7. The lowest BCUT2D eigenvalue weighted by atomic mass is 10.1. The first-order valence-electron chi connectivity index (χ1n) is 5.84. The summed E-state index contributed by atoms with van der Waals surface area (Å²) in [5.41, 5.74) is 4.02. The minimum atomic E-state index is -0.189. The number of hydrogen-bond acceptors (Lipinski definition) is 3. The maximum absolute atomic E-state index is 12.2. The quantitative estimate of drug-likeness (QED) is 0.922. The van der Waals surface area contributed by atoms with E-state index in [1.165, 1.54) is 6.20 Å². The second-order valence-corrected chi connectivity index (χ2v) is 5.30. The predicted molar refractivity (Wildman–Crippen MR) is 78.3 cm³/mol. The minimum Gasteiger partial charge on any atom is -0.320 e. The average molecular weight is 320 g/mol. The zero-order chi connectivity index (χ0) is 14.0. The van der Waals surface area contributed by atoms with E-state index in [4.69, 9.17) is 0 Å². The van der Waals surface area contributed by atoms with E-state index in [9.17, 15) is 4.79 Å². The zero-order valence-electron chi connectivity index (χ0n) is 11.0. The summed E-state index contributed by atoms with van der Waals surface area (Å²) < 4.78 is 0.774. The van der Waals surface area contributed by atoms with Gasteiger partial charge in [0.2, 0.25) is 0 Å². The molecule has 19 heavy (non-hydrogen) atoms. The second-order valence-electron chi connectivity index (χ2n) is 4.39.